The van der Waals surface area contributed by atoms with Gasteiger partial charge in [0.1, 0.15) is 60.4 Å². The first-order valence-electron chi connectivity index (χ1n) is 32.4. The summed E-state index contributed by atoms with van der Waals surface area (Å²) in [6.07, 6.45) is 0.530. The van der Waals surface area contributed by atoms with E-state index in [9.17, 15) is 48.3 Å². The number of amides is 12. The molecule has 0 radical (unpaired) electrons. The molecule has 12 amide bonds. The fourth-order valence-electron chi connectivity index (χ4n) is 11.3. The Morgan fingerprint density at radius 2 is 0.900 bits per heavy atom. The van der Waals surface area contributed by atoms with E-state index < -0.39 is 156 Å². The number of aliphatic hydroxyl groups is 1. The molecular weight excluding hydrogens is 1160 g/mol. The van der Waals surface area contributed by atoms with Crippen molar-refractivity contribution >= 4 is 70.9 Å². The second kappa shape index (κ2) is 37.2. The number of nitrogens with zero attached hydrogens (tertiary/aromatic N) is 8. The van der Waals surface area contributed by atoms with E-state index in [1.165, 1.54) is 92.6 Å². The second-order valence-electron chi connectivity index (χ2n) is 27.8. The minimum absolute atomic E-state index is 0.00359. The Kier molecular flexibility index (Phi) is 33.7. The molecule has 0 aromatic carbocycles. The summed E-state index contributed by atoms with van der Waals surface area (Å²) < 4.78 is 0. The molecule has 25 nitrogen and oxygen atoms in total. The maximum Gasteiger partial charge on any atom is 0.246 e. The van der Waals surface area contributed by atoms with Crippen LogP contribution in [0.15, 0.2) is 0 Å². The van der Waals surface area contributed by atoms with Crippen molar-refractivity contribution in [2.24, 2.45) is 41.4 Å². The molecule has 3 unspecified atom stereocenters. The van der Waals surface area contributed by atoms with Gasteiger partial charge in [0.15, 0.2) is 0 Å². The predicted octanol–water partition coefficient (Wildman–Crippen LogP) is 2.95. The van der Waals surface area contributed by atoms with Gasteiger partial charge >= 0.3 is 0 Å². The van der Waals surface area contributed by atoms with Gasteiger partial charge in [0, 0.05) is 69.8 Å². The Labute approximate surface area is 538 Å². The topological polar surface area (TPSA) is 299 Å². The van der Waals surface area contributed by atoms with E-state index in [0.29, 0.717) is 19.3 Å². The molecule has 0 aromatic rings. The lowest BCUT2D eigenvalue weighted by Crippen LogP contribution is -2.63. The van der Waals surface area contributed by atoms with E-state index in [0.717, 1.165) is 9.80 Å². The summed E-state index contributed by atoms with van der Waals surface area (Å²) in [6.45, 7) is 27.4. The highest BCUT2D eigenvalue weighted by molar-refractivity contribution is 5.99. The number of rotatable bonds is 18. The minimum Gasteiger partial charge on any atom is -0.390 e. The molecule has 1 aliphatic rings. The molecule has 1 rings (SSSR count). The van der Waals surface area contributed by atoms with E-state index >= 15 is 14.4 Å². The summed E-state index contributed by atoms with van der Waals surface area (Å²) in [4.78, 5) is 183. The average molecular weight is 1280 g/mol. The van der Waals surface area contributed by atoms with E-state index in [1.807, 2.05) is 55.4 Å². The summed E-state index contributed by atoms with van der Waals surface area (Å²) in [5, 5.41) is 23.3. The van der Waals surface area contributed by atoms with Crippen molar-refractivity contribution in [1.29, 1.82) is 0 Å². The van der Waals surface area contributed by atoms with Crippen LogP contribution in [0.2, 0.25) is 0 Å². The van der Waals surface area contributed by atoms with Gasteiger partial charge in [-0.3, -0.25) is 57.5 Å². The zero-order chi connectivity index (χ0) is 69.8. The fourth-order valence-corrected chi connectivity index (χ4v) is 11.3. The van der Waals surface area contributed by atoms with E-state index in [-0.39, 0.29) is 68.1 Å². The fraction of sp³-hybridized carbons (Fsp3) is 0.815. The molecule has 12 atom stereocenters. The highest BCUT2D eigenvalue weighted by Crippen LogP contribution is 2.26. The summed E-state index contributed by atoms with van der Waals surface area (Å²) in [5.74, 6) is -10.1. The smallest absolute Gasteiger partial charge is 0.246 e. The maximum absolute atomic E-state index is 15.3. The lowest BCUT2D eigenvalue weighted by Gasteiger charge is -2.41. The van der Waals surface area contributed by atoms with Gasteiger partial charge < -0.3 is 65.6 Å². The molecule has 516 valence electrons. The number of hydrogen-bond acceptors (Lipinski definition) is 13. The minimum atomic E-state index is -1.66. The Balaban J connectivity index is 4.34. The monoisotopic (exact) mass is 1270 g/mol. The van der Waals surface area contributed by atoms with Crippen LogP contribution in [0.3, 0.4) is 0 Å². The Morgan fingerprint density at radius 1 is 0.478 bits per heavy atom. The van der Waals surface area contributed by atoms with Crippen molar-refractivity contribution in [3.8, 4) is 0 Å². The molecule has 0 aliphatic carbocycles. The highest BCUT2D eigenvalue weighted by Gasteiger charge is 2.46. The summed E-state index contributed by atoms with van der Waals surface area (Å²) in [5.41, 5.74) is 0. The van der Waals surface area contributed by atoms with Crippen molar-refractivity contribution < 1.29 is 62.6 Å². The molecule has 0 aromatic heterocycles. The molecule has 1 fully saturated rings. The standard InChI is InChI=1S/C65H118N12O13/c1-26-45-61(86)71(19)35-51(79)72(20)46(31-36(2)3)58(83)69-52(40(10)11)64(89)73(21)47(32-37(4)5)57(82)66-43(15)56(81)67-44(16)60(85)74(22)48(33-38(6)7)62(87)75(23)49(34-39(8)9)63(88)76(24)53(41(12)13)65(90)77(25)54(59(84)68-45)55(80)42(14)29-27-28-30-50(78)70(17)18/h36-49,52-55,80H,26-35H2,1-25H3,(H,66,82)(H,67,81)(H,68,84)(H,69,83)/t42?,43-,44+,45-,46-,47-,48-,49-,52-,53-,54?,55?/m0/s1. The van der Waals surface area contributed by atoms with E-state index in [1.54, 1.807) is 55.6 Å². The first-order chi connectivity index (χ1) is 41.5. The maximum atomic E-state index is 15.3. The summed E-state index contributed by atoms with van der Waals surface area (Å²) in [6, 6.07) is -12.6. The molecule has 1 aliphatic heterocycles. The van der Waals surface area contributed by atoms with Crippen LogP contribution >= 0.6 is 0 Å². The summed E-state index contributed by atoms with van der Waals surface area (Å²) >= 11 is 0. The molecule has 0 spiro atoms. The zero-order valence-electron chi connectivity index (χ0n) is 59.4. The van der Waals surface area contributed by atoms with Crippen molar-refractivity contribution in [3.05, 3.63) is 0 Å². The number of hydrogen-bond donors (Lipinski definition) is 5. The normalized spacial score (nSPS) is 25.9. The van der Waals surface area contributed by atoms with Gasteiger partial charge in [-0.1, -0.05) is 103 Å². The molecule has 25 heteroatoms. The van der Waals surface area contributed by atoms with Crippen LogP contribution in [0.5, 0.6) is 0 Å². The molecule has 5 N–H and O–H groups in total. The van der Waals surface area contributed by atoms with Crippen LogP contribution in [-0.4, -0.2) is 252 Å². The molecule has 0 bridgehead atoms. The number of nitrogens with one attached hydrogen (secondary N) is 4. The molecule has 0 saturated carbocycles. The van der Waals surface area contributed by atoms with Crippen molar-refractivity contribution in [3.63, 3.8) is 0 Å². The van der Waals surface area contributed by atoms with Crippen LogP contribution in [0, 0.1) is 41.4 Å². The van der Waals surface area contributed by atoms with Crippen LogP contribution in [0.1, 0.15) is 169 Å². The van der Waals surface area contributed by atoms with Gasteiger partial charge in [-0.05, 0) is 100 Å². The Morgan fingerprint density at radius 3 is 1.36 bits per heavy atom. The number of aliphatic hydroxyl groups excluding tert-OH is 1. The first kappa shape index (κ1) is 81.6. The highest BCUT2D eigenvalue weighted by atomic mass is 16.3. The number of carbonyl (C=O) groups excluding carboxylic acids is 12. The summed E-state index contributed by atoms with van der Waals surface area (Å²) in [7, 11) is 13.2. The third-order valence-corrected chi connectivity index (χ3v) is 17.1. The van der Waals surface area contributed by atoms with Crippen LogP contribution in [0.25, 0.3) is 0 Å². The number of unbranched alkanes of at least 4 members (excludes halogenated alkanes) is 1. The molecule has 90 heavy (non-hydrogen) atoms. The molecule has 1 saturated heterocycles. The second-order valence-corrected chi connectivity index (χ2v) is 27.8. The van der Waals surface area contributed by atoms with Crippen molar-refractivity contribution in [2.45, 2.75) is 235 Å². The van der Waals surface area contributed by atoms with Gasteiger partial charge in [0.25, 0.3) is 0 Å². The largest absolute Gasteiger partial charge is 0.390 e. The zero-order valence-corrected chi connectivity index (χ0v) is 59.4. The van der Waals surface area contributed by atoms with Crippen molar-refractivity contribution in [2.75, 3.05) is 70.0 Å². The number of likely N-dealkylation sites (N-methyl/N-ethyl adjacent to an activating group) is 7. The predicted molar refractivity (Wildman–Crippen MR) is 346 cm³/mol. The Bertz CT molecular complexity index is 2450. The van der Waals surface area contributed by atoms with Crippen molar-refractivity contribution in [1.82, 2.24) is 60.5 Å². The molecule has 1 heterocycles. The van der Waals surface area contributed by atoms with E-state index in [4.69, 9.17) is 0 Å². The average Bonchev–Trinajstić information content (AvgIpc) is 1.46. The molecular formula is C65H118N12O13. The van der Waals surface area contributed by atoms with Crippen LogP contribution in [0.4, 0.5) is 0 Å². The SMILES string of the molecule is CC[C@@H]1NC(=O)C(C(O)C(C)CCCCC(=O)N(C)C)N(C)C(=O)[C@H](C(C)C)N(C)C(=O)[C@H](CC(C)C)N(C)C(=O)[C@H](CC(C)C)N(C)C(=O)[C@@H](C)NC(=O)[C@H](C)NC(=O)[C@H](CC(C)C)N(C)C(=O)[C@H](C(C)C)NC(=O)[C@H](CC(C)C)N(C)C(=O)CN(C)C1=O. The third-order valence-electron chi connectivity index (χ3n) is 17.1. The lowest BCUT2D eigenvalue weighted by atomic mass is 9.90. The first-order valence-corrected chi connectivity index (χ1v) is 32.4. The van der Waals surface area contributed by atoms with Gasteiger partial charge in [0.05, 0.1) is 12.6 Å². The van der Waals surface area contributed by atoms with Gasteiger partial charge in [-0.2, -0.15) is 0 Å². The quantitative estimate of drug-likeness (QED) is 0.124. The van der Waals surface area contributed by atoms with Gasteiger partial charge in [-0.25, -0.2) is 0 Å². The number of carbonyl (C=O) groups is 12. The van der Waals surface area contributed by atoms with Gasteiger partial charge in [0.2, 0.25) is 70.9 Å². The Hall–Kier alpha value is -6.40. The van der Waals surface area contributed by atoms with Crippen LogP contribution < -0.4 is 21.3 Å². The van der Waals surface area contributed by atoms with Gasteiger partial charge in [-0.15, -0.1) is 0 Å². The van der Waals surface area contributed by atoms with E-state index in [2.05, 4.69) is 21.3 Å². The lowest BCUT2D eigenvalue weighted by molar-refractivity contribution is -0.157. The third kappa shape index (κ3) is 23.4. The van der Waals surface area contributed by atoms with Crippen LogP contribution in [-0.2, 0) is 57.5 Å².